The lowest BCUT2D eigenvalue weighted by molar-refractivity contribution is -0.168. The van der Waals surface area contributed by atoms with Crippen LogP contribution < -0.4 is 4.74 Å². The largest absolute Gasteiger partial charge is 0.497 e. The van der Waals surface area contributed by atoms with Gasteiger partial charge in [-0.1, -0.05) is 23.8 Å². The van der Waals surface area contributed by atoms with E-state index in [0.29, 0.717) is 6.42 Å². The van der Waals surface area contributed by atoms with Crippen LogP contribution in [0.15, 0.2) is 42.5 Å². The minimum atomic E-state index is -1.32. The number of methoxy groups -OCH3 is 3. The Morgan fingerprint density at radius 1 is 1.20 bits per heavy atom. The molecule has 2 rings (SSSR count). The van der Waals surface area contributed by atoms with Crippen LogP contribution in [0.1, 0.15) is 25.3 Å². The topological polar surface area (TPSA) is 61.8 Å². The fourth-order valence-electron chi connectivity index (χ4n) is 3.49. The van der Waals surface area contributed by atoms with Crippen molar-refractivity contribution < 1.29 is 23.8 Å². The highest BCUT2D eigenvalue weighted by Crippen LogP contribution is 2.50. The summed E-state index contributed by atoms with van der Waals surface area (Å²) in [4.78, 5) is 24.8. The molecule has 1 aliphatic rings. The summed E-state index contributed by atoms with van der Waals surface area (Å²) >= 11 is 0. The number of ether oxygens (including phenoxy) is 3. The van der Waals surface area contributed by atoms with Crippen LogP contribution in [0, 0.1) is 11.3 Å². The Hall–Kier alpha value is -2.56. The molecule has 5 nitrogen and oxygen atoms in total. The van der Waals surface area contributed by atoms with Gasteiger partial charge in [0.25, 0.3) is 0 Å². The molecule has 0 heterocycles. The molecule has 1 fully saturated rings. The summed E-state index contributed by atoms with van der Waals surface area (Å²) in [5, 5.41) is 0. The molecule has 1 aromatic carbocycles. The Morgan fingerprint density at radius 2 is 1.84 bits per heavy atom. The zero-order valence-electron chi connectivity index (χ0n) is 15.1. The van der Waals surface area contributed by atoms with E-state index in [9.17, 15) is 9.59 Å². The summed E-state index contributed by atoms with van der Waals surface area (Å²) in [7, 11) is 4.18. The molecule has 0 saturated heterocycles. The van der Waals surface area contributed by atoms with Crippen LogP contribution in [-0.2, 0) is 19.1 Å². The molecule has 1 unspecified atom stereocenters. The van der Waals surface area contributed by atoms with Crippen LogP contribution in [0.25, 0.3) is 5.57 Å². The van der Waals surface area contributed by atoms with Crippen LogP contribution in [0.4, 0.5) is 0 Å². The minimum Gasteiger partial charge on any atom is -0.497 e. The number of hydrogen-bond acceptors (Lipinski definition) is 5. The second-order valence-electron chi connectivity index (χ2n) is 6.17. The highest BCUT2D eigenvalue weighted by atomic mass is 16.5. The first-order valence-corrected chi connectivity index (χ1v) is 8.07. The number of hydrogen-bond donors (Lipinski definition) is 0. The third-order valence-electron chi connectivity index (χ3n) is 4.93. The Morgan fingerprint density at radius 3 is 2.36 bits per heavy atom. The summed E-state index contributed by atoms with van der Waals surface area (Å²) in [6.45, 7) is 5.85. The van der Waals surface area contributed by atoms with Crippen molar-refractivity contribution >= 4 is 17.5 Å². The van der Waals surface area contributed by atoms with Crippen LogP contribution in [0.5, 0.6) is 5.75 Å². The average Bonchev–Trinajstić information content (AvgIpc) is 3.07. The van der Waals surface area contributed by atoms with E-state index >= 15 is 0 Å². The smallest absolute Gasteiger partial charge is 0.323 e. The van der Waals surface area contributed by atoms with Crippen molar-refractivity contribution in [3.8, 4) is 5.75 Å². The molecular formula is C20H24O5. The van der Waals surface area contributed by atoms with E-state index in [1.54, 1.807) is 13.2 Å². The summed E-state index contributed by atoms with van der Waals surface area (Å²) in [5.41, 5.74) is 1.64. The molecule has 0 N–H and O–H groups in total. The predicted octanol–water partition coefficient (Wildman–Crippen LogP) is 3.40. The van der Waals surface area contributed by atoms with E-state index in [1.807, 2.05) is 31.2 Å². The first-order valence-electron chi connectivity index (χ1n) is 8.07. The molecule has 1 saturated carbocycles. The van der Waals surface area contributed by atoms with Crippen molar-refractivity contribution in [2.75, 3.05) is 21.3 Å². The predicted molar refractivity (Wildman–Crippen MR) is 95.0 cm³/mol. The monoisotopic (exact) mass is 344 g/mol. The van der Waals surface area contributed by atoms with Gasteiger partial charge in [-0.05, 0) is 49.0 Å². The molecule has 1 aliphatic carbocycles. The van der Waals surface area contributed by atoms with Gasteiger partial charge in [-0.2, -0.15) is 0 Å². The van der Waals surface area contributed by atoms with Crippen molar-refractivity contribution in [3.63, 3.8) is 0 Å². The number of esters is 2. The molecule has 0 radical (unpaired) electrons. The fraction of sp³-hybridized carbons (Fsp3) is 0.400. The lowest BCUT2D eigenvalue weighted by atomic mass is 9.85. The molecule has 0 aromatic heterocycles. The second kappa shape index (κ2) is 7.55. The second-order valence-corrected chi connectivity index (χ2v) is 6.17. The summed E-state index contributed by atoms with van der Waals surface area (Å²) in [6, 6.07) is 7.68. The Labute approximate surface area is 148 Å². The van der Waals surface area contributed by atoms with E-state index in [2.05, 4.69) is 6.58 Å². The molecule has 0 amide bonds. The molecule has 1 atom stereocenters. The Balaban J connectivity index is 2.54. The van der Waals surface area contributed by atoms with Gasteiger partial charge in [-0.15, -0.1) is 6.58 Å². The number of benzene rings is 1. The number of carbonyl (C=O) groups is 2. The lowest BCUT2D eigenvalue weighted by Crippen LogP contribution is -2.39. The molecule has 0 aliphatic heterocycles. The normalized spacial score (nSPS) is 20.6. The number of allylic oxidation sites excluding steroid dienone is 3. The summed E-state index contributed by atoms with van der Waals surface area (Å²) in [5.74, 6) is -0.499. The molecule has 25 heavy (non-hydrogen) atoms. The molecule has 5 heteroatoms. The molecule has 134 valence electrons. The highest BCUT2D eigenvalue weighted by Gasteiger charge is 2.55. The van der Waals surface area contributed by atoms with E-state index in [0.717, 1.165) is 22.5 Å². The molecule has 0 spiro atoms. The van der Waals surface area contributed by atoms with Crippen molar-refractivity contribution in [3.05, 3.63) is 48.1 Å². The van der Waals surface area contributed by atoms with Gasteiger partial charge in [0.1, 0.15) is 5.75 Å². The number of carbonyl (C=O) groups excluding carboxylic acids is 2. The van der Waals surface area contributed by atoms with Crippen molar-refractivity contribution in [1.29, 1.82) is 0 Å². The van der Waals surface area contributed by atoms with Gasteiger partial charge in [0.2, 0.25) is 0 Å². The maximum atomic E-state index is 12.4. The molecular weight excluding hydrogens is 320 g/mol. The summed E-state index contributed by atoms with van der Waals surface area (Å²) < 4.78 is 15.1. The fourth-order valence-corrected chi connectivity index (χ4v) is 3.49. The van der Waals surface area contributed by atoms with E-state index in [-0.39, 0.29) is 12.3 Å². The van der Waals surface area contributed by atoms with Gasteiger partial charge >= 0.3 is 11.9 Å². The lowest BCUT2D eigenvalue weighted by Gasteiger charge is -2.22. The van der Waals surface area contributed by atoms with Crippen LogP contribution in [0.2, 0.25) is 0 Å². The van der Waals surface area contributed by atoms with Crippen molar-refractivity contribution in [1.82, 2.24) is 0 Å². The van der Waals surface area contributed by atoms with E-state index in [1.165, 1.54) is 14.2 Å². The van der Waals surface area contributed by atoms with Gasteiger partial charge in [0.15, 0.2) is 5.41 Å². The number of rotatable bonds is 5. The van der Waals surface area contributed by atoms with Crippen LogP contribution >= 0.6 is 0 Å². The third-order valence-corrected chi connectivity index (χ3v) is 4.93. The Kier molecular flexibility index (Phi) is 5.67. The van der Waals surface area contributed by atoms with Crippen LogP contribution in [-0.4, -0.2) is 33.3 Å². The zero-order valence-corrected chi connectivity index (χ0v) is 15.1. The van der Waals surface area contributed by atoms with Gasteiger partial charge in [-0.3, -0.25) is 9.59 Å². The third kappa shape index (κ3) is 3.31. The maximum absolute atomic E-state index is 12.4. The van der Waals surface area contributed by atoms with Crippen molar-refractivity contribution in [2.24, 2.45) is 11.3 Å². The van der Waals surface area contributed by atoms with Gasteiger partial charge in [-0.25, -0.2) is 0 Å². The SMILES string of the molecule is C=CC1CC(C(=O)OC)(C(=O)OC)C/C1=C(\C)c1cccc(OC)c1. The standard InChI is InChI=1S/C20H24O5/c1-6-14-11-20(18(21)24-4,19(22)25-5)12-17(14)13(2)15-8-7-9-16(10-15)23-3/h6-10,14H,1,11-12H2,2-5H3/b17-13-. The molecule has 1 aromatic rings. The van der Waals surface area contributed by atoms with Crippen molar-refractivity contribution in [2.45, 2.75) is 19.8 Å². The van der Waals surface area contributed by atoms with Crippen LogP contribution in [0.3, 0.4) is 0 Å². The van der Waals surface area contributed by atoms with E-state index in [4.69, 9.17) is 14.2 Å². The average molecular weight is 344 g/mol. The first kappa shape index (κ1) is 18.8. The highest BCUT2D eigenvalue weighted by molar-refractivity contribution is 6.01. The van der Waals surface area contributed by atoms with Gasteiger partial charge in [0, 0.05) is 0 Å². The minimum absolute atomic E-state index is 0.107. The maximum Gasteiger partial charge on any atom is 0.323 e. The van der Waals surface area contributed by atoms with Gasteiger partial charge in [0.05, 0.1) is 21.3 Å². The molecule has 0 bridgehead atoms. The Bertz CT molecular complexity index is 701. The first-order chi connectivity index (χ1) is 11.9. The zero-order chi connectivity index (χ0) is 18.6. The quantitative estimate of drug-likeness (QED) is 0.465. The summed E-state index contributed by atoms with van der Waals surface area (Å²) in [6.07, 6.45) is 2.32. The van der Waals surface area contributed by atoms with Gasteiger partial charge < -0.3 is 14.2 Å². The van der Waals surface area contributed by atoms with E-state index < -0.39 is 17.4 Å².